The lowest BCUT2D eigenvalue weighted by molar-refractivity contribution is 0.612. The second kappa shape index (κ2) is 5.81. The molecular weight excluding hydrogens is 309 g/mol. The van der Waals surface area contributed by atoms with Crippen LogP contribution in [-0.4, -0.2) is 4.98 Å². The lowest BCUT2D eigenvalue weighted by atomic mass is 10.1. The summed E-state index contributed by atoms with van der Waals surface area (Å²) < 4.78 is 14.6. The summed E-state index contributed by atoms with van der Waals surface area (Å²) >= 11 is 3.37. The van der Waals surface area contributed by atoms with E-state index in [0.717, 1.165) is 10.2 Å². The van der Waals surface area contributed by atoms with Crippen molar-refractivity contribution in [3.8, 4) is 6.07 Å². The number of nitrogens with one attached hydrogen (secondary N) is 1. The number of hydrogen-bond acceptors (Lipinski definition) is 3. The molecule has 0 aliphatic heterocycles. The van der Waals surface area contributed by atoms with Crippen LogP contribution in [0.25, 0.3) is 0 Å². The highest BCUT2D eigenvalue weighted by Crippen LogP contribution is 2.17. The molecule has 0 fully saturated rings. The molecule has 2 rings (SSSR count). The Bertz CT molecular complexity index is 650. The summed E-state index contributed by atoms with van der Waals surface area (Å²) in [6.45, 7) is 2.21. The minimum absolute atomic E-state index is 0.318. The molecule has 0 aliphatic carbocycles. The van der Waals surface area contributed by atoms with Gasteiger partial charge in [-0.2, -0.15) is 5.26 Å². The molecule has 0 unspecified atom stereocenters. The number of benzene rings is 1. The second-order valence-electron chi connectivity index (χ2n) is 4.04. The van der Waals surface area contributed by atoms with E-state index in [0.29, 0.717) is 23.5 Å². The lowest BCUT2D eigenvalue weighted by Gasteiger charge is -2.08. The maximum Gasteiger partial charge on any atom is 0.129 e. The number of anilines is 1. The Morgan fingerprint density at radius 2 is 2.16 bits per heavy atom. The molecule has 96 valence electrons. The lowest BCUT2D eigenvalue weighted by Crippen LogP contribution is -2.04. The Morgan fingerprint density at radius 1 is 1.37 bits per heavy atom. The number of nitrogens with zero attached hydrogens (tertiary/aromatic N) is 2. The van der Waals surface area contributed by atoms with Crippen molar-refractivity contribution in [1.82, 2.24) is 4.98 Å². The molecule has 0 bridgehead atoms. The Labute approximate surface area is 119 Å². The molecule has 1 aromatic heterocycles. The van der Waals surface area contributed by atoms with Crippen LogP contribution in [0.1, 0.15) is 16.8 Å². The Hall–Kier alpha value is -1.93. The zero-order chi connectivity index (χ0) is 13.8. The smallest absolute Gasteiger partial charge is 0.129 e. The first-order valence-corrected chi connectivity index (χ1v) is 6.45. The van der Waals surface area contributed by atoms with Gasteiger partial charge < -0.3 is 5.32 Å². The molecular formula is C14H11BrFN3. The molecule has 0 amide bonds. The van der Waals surface area contributed by atoms with Gasteiger partial charge in [-0.05, 0) is 47.1 Å². The molecule has 0 spiro atoms. The molecule has 1 N–H and O–H groups in total. The molecule has 1 heterocycles. The summed E-state index contributed by atoms with van der Waals surface area (Å²) in [6, 6.07) is 10.0. The molecule has 19 heavy (non-hydrogen) atoms. The summed E-state index contributed by atoms with van der Waals surface area (Å²) in [4.78, 5) is 4.32. The van der Waals surface area contributed by atoms with E-state index >= 15 is 0 Å². The van der Waals surface area contributed by atoms with Crippen LogP contribution in [0.3, 0.4) is 0 Å². The molecule has 0 saturated heterocycles. The number of aryl methyl sites for hydroxylation is 1. The summed E-state index contributed by atoms with van der Waals surface area (Å²) in [5, 5.41) is 11.7. The van der Waals surface area contributed by atoms with Crippen LogP contribution in [0.15, 0.2) is 34.8 Å². The first kappa shape index (κ1) is 13.5. The molecule has 0 radical (unpaired) electrons. The second-order valence-corrected chi connectivity index (χ2v) is 4.89. The quantitative estimate of drug-likeness (QED) is 0.936. The van der Waals surface area contributed by atoms with E-state index in [1.165, 1.54) is 6.07 Å². The zero-order valence-electron chi connectivity index (χ0n) is 10.2. The summed E-state index contributed by atoms with van der Waals surface area (Å²) in [7, 11) is 0. The fraction of sp³-hybridized carbons (Fsp3) is 0.143. The van der Waals surface area contributed by atoms with Gasteiger partial charge in [0, 0.05) is 16.6 Å². The van der Waals surface area contributed by atoms with Crippen molar-refractivity contribution < 1.29 is 4.39 Å². The average Bonchev–Trinajstić information content (AvgIpc) is 2.41. The van der Waals surface area contributed by atoms with Gasteiger partial charge >= 0.3 is 0 Å². The number of rotatable bonds is 3. The largest absolute Gasteiger partial charge is 0.366 e. The van der Waals surface area contributed by atoms with E-state index in [1.54, 1.807) is 12.1 Å². The molecule has 0 aliphatic rings. The van der Waals surface area contributed by atoms with Crippen molar-refractivity contribution in [2.45, 2.75) is 13.5 Å². The normalized spacial score (nSPS) is 10.0. The van der Waals surface area contributed by atoms with Gasteiger partial charge in [-0.1, -0.05) is 6.07 Å². The van der Waals surface area contributed by atoms with Gasteiger partial charge in [-0.3, -0.25) is 0 Å². The number of nitriles is 1. The molecule has 0 atom stereocenters. The van der Waals surface area contributed by atoms with E-state index in [-0.39, 0.29) is 5.82 Å². The molecule has 1 aromatic carbocycles. The predicted molar refractivity (Wildman–Crippen MR) is 75.1 cm³/mol. The maximum absolute atomic E-state index is 13.7. The third-order valence-corrected chi connectivity index (χ3v) is 3.50. The van der Waals surface area contributed by atoms with Gasteiger partial charge in [0.15, 0.2) is 0 Å². The van der Waals surface area contributed by atoms with Crippen LogP contribution in [0.2, 0.25) is 0 Å². The van der Waals surface area contributed by atoms with Crippen molar-refractivity contribution in [2.75, 3.05) is 5.32 Å². The fourth-order valence-electron chi connectivity index (χ4n) is 1.59. The van der Waals surface area contributed by atoms with E-state index < -0.39 is 0 Å². The molecule has 2 aromatic rings. The average molecular weight is 320 g/mol. The zero-order valence-corrected chi connectivity index (χ0v) is 11.8. The number of pyridine rings is 1. The Kier molecular flexibility index (Phi) is 4.13. The van der Waals surface area contributed by atoms with Crippen molar-refractivity contribution in [3.05, 3.63) is 57.4 Å². The first-order valence-electron chi connectivity index (χ1n) is 5.65. The topological polar surface area (TPSA) is 48.7 Å². The van der Waals surface area contributed by atoms with Gasteiger partial charge in [-0.15, -0.1) is 0 Å². The van der Waals surface area contributed by atoms with E-state index in [1.807, 2.05) is 25.1 Å². The number of aromatic nitrogens is 1. The van der Waals surface area contributed by atoms with Crippen molar-refractivity contribution >= 4 is 21.7 Å². The standard InChI is InChI=1S/C14H11BrFN3/c1-9-12(15)4-5-14(19-9)18-8-11-3-2-10(7-17)6-13(11)16/h2-6H,8H2,1H3,(H,18,19). The molecule has 0 saturated carbocycles. The van der Waals surface area contributed by atoms with Crippen molar-refractivity contribution in [3.63, 3.8) is 0 Å². The Morgan fingerprint density at radius 3 is 2.79 bits per heavy atom. The van der Waals surface area contributed by atoms with Crippen LogP contribution in [-0.2, 0) is 6.54 Å². The van der Waals surface area contributed by atoms with Gasteiger partial charge in [-0.25, -0.2) is 9.37 Å². The van der Waals surface area contributed by atoms with Gasteiger partial charge in [0.25, 0.3) is 0 Å². The molecule has 5 heteroatoms. The highest BCUT2D eigenvalue weighted by molar-refractivity contribution is 9.10. The highest BCUT2D eigenvalue weighted by Gasteiger charge is 2.04. The third-order valence-electron chi connectivity index (χ3n) is 2.66. The number of halogens is 2. The SMILES string of the molecule is Cc1nc(NCc2ccc(C#N)cc2F)ccc1Br. The number of hydrogen-bond donors (Lipinski definition) is 1. The summed E-state index contributed by atoms with van der Waals surface area (Å²) in [6.07, 6.45) is 0. The monoisotopic (exact) mass is 319 g/mol. The Balaban J connectivity index is 2.10. The van der Waals surface area contributed by atoms with E-state index in [2.05, 4.69) is 26.2 Å². The van der Waals surface area contributed by atoms with Crippen LogP contribution in [0.4, 0.5) is 10.2 Å². The van der Waals surface area contributed by atoms with Crippen molar-refractivity contribution in [2.24, 2.45) is 0 Å². The minimum atomic E-state index is -0.389. The predicted octanol–water partition coefficient (Wildman–Crippen LogP) is 3.78. The van der Waals surface area contributed by atoms with Gasteiger partial charge in [0.2, 0.25) is 0 Å². The third kappa shape index (κ3) is 3.30. The highest BCUT2D eigenvalue weighted by atomic mass is 79.9. The molecule has 3 nitrogen and oxygen atoms in total. The van der Waals surface area contributed by atoms with Crippen LogP contribution in [0.5, 0.6) is 0 Å². The summed E-state index contributed by atoms with van der Waals surface area (Å²) in [5.41, 5.74) is 1.69. The van der Waals surface area contributed by atoms with Crippen LogP contribution < -0.4 is 5.32 Å². The van der Waals surface area contributed by atoms with Crippen LogP contribution >= 0.6 is 15.9 Å². The first-order chi connectivity index (χ1) is 9.10. The minimum Gasteiger partial charge on any atom is -0.366 e. The van der Waals surface area contributed by atoms with Crippen molar-refractivity contribution in [1.29, 1.82) is 5.26 Å². The van der Waals surface area contributed by atoms with E-state index in [9.17, 15) is 4.39 Å². The van der Waals surface area contributed by atoms with Gasteiger partial charge in [0.1, 0.15) is 11.6 Å². The summed E-state index contributed by atoms with van der Waals surface area (Å²) in [5.74, 6) is 0.296. The fourth-order valence-corrected chi connectivity index (χ4v) is 1.81. The van der Waals surface area contributed by atoms with Gasteiger partial charge in [0.05, 0.1) is 17.3 Å². The van der Waals surface area contributed by atoms with Crippen LogP contribution in [0, 0.1) is 24.1 Å². The van der Waals surface area contributed by atoms with E-state index in [4.69, 9.17) is 5.26 Å². The maximum atomic E-state index is 13.7.